The molecule has 1 aromatic rings. The average molecular weight is 451 g/mol. The molecule has 0 radical (unpaired) electrons. The Bertz CT molecular complexity index is 817. The van der Waals surface area contributed by atoms with Gasteiger partial charge in [-0.3, -0.25) is 4.90 Å². The lowest BCUT2D eigenvalue weighted by Crippen LogP contribution is -2.53. The molecule has 1 saturated heterocycles. The first-order valence-corrected chi connectivity index (χ1v) is 10.1. The number of rotatable bonds is 8. The van der Waals surface area contributed by atoms with Gasteiger partial charge in [0.15, 0.2) is 0 Å². The molecule has 2 atom stereocenters. The molecule has 0 aliphatic carbocycles. The Balaban J connectivity index is 2.01. The summed E-state index contributed by atoms with van der Waals surface area (Å²) in [5, 5.41) is 0. The Morgan fingerprint density at radius 3 is 2.48 bits per heavy atom. The average Bonchev–Trinajstić information content (AvgIpc) is 3.01. The van der Waals surface area contributed by atoms with Crippen LogP contribution >= 0.6 is 0 Å². The van der Waals surface area contributed by atoms with Crippen molar-refractivity contribution < 1.29 is 39.2 Å². The van der Waals surface area contributed by atoms with Gasteiger partial charge in [-0.2, -0.15) is 13.2 Å². The Hall–Kier alpha value is -1.44. The molecule has 1 fully saturated rings. The summed E-state index contributed by atoms with van der Waals surface area (Å²) in [5.74, 6) is -5.28. The minimum atomic E-state index is -5.58. The number of nitrogens with one attached hydrogen (secondary N) is 1. The normalized spacial score (nSPS) is 20.2. The van der Waals surface area contributed by atoms with Crippen molar-refractivity contribution in [2.24, 2.45) is 5.73 Å². The molecule has 0 aromatic heterocycles. The number of nitrogens with two attached hydrogens (primary N) is 1. The molecule has 13 heteroatoms. The van der Waals surface area contributed by atoms with E-state index in [1.165, 1.54) is 4.72 Å². The van der Waals surface area contributed by atoms with Crippen LogP contribution in [0.4, 0.5) is 30.7 Å². The SMILES string of the molecule is N[C@H](Cc1cc(F)ccc1F)C(F)(F)CN1CCCC1CNS(=O)(=O)C(F)(F)F. The third-order valence-corrected chi connectivity index (χ3v) is 5.87. The highest BCUT2D eigenvalue weighted by atomic mass is 32.2. The van der Waals surface area contributed by atoms with Gasteiger partial charge in [0, 0.05) is 12.6 Å². The van der Waals surface area contributed by atoms with Crippen molar-refractivity contribution >= 4 is 10.0 Å². The molecule has 2 rings (SSSR count). The van der Waals surface area contributed by atoms with Crippen molar-refractivity contribution in [2.75, 3.05) is 19.6 Å². The molecule has 29 heavy (non-hydrogen) atoms. The van der Waals surface area contributed by atoms with Gasteiger partial charge in [0.25, 0.3) is 5.92 Å². The zero-order chi connectivity index (χ0) is 22.0. The van der Waals surface area contributed by atoms with Crippen LogP contribution in [0.25, 0.3) is 0 Å². The third kappa shape index (κ3) is 6.03. The highest BCUT2D eigenvalue weighted by Crippen LogP contribution is 2.28. The maximum atomic E-state index is 14.5. The molecule has 0 spiro atoms. The summed E-state index contributed by atoms with van der Waals surface area (Å²) in [6, 6.07) is -0.378. The first kappa shape index (κ1) is 23.8. The molecule has 0 bridgehead atoms. The van der Waals surface area contributed by atoms with Crippen LogP contribution in [0.3, 0.4) is 0 Å². The second-order valence-electron chi connectivity index (χ2n) is 6.87. The van der Waals surface area contributed by atoms with E-state index >= 15 is 0 Å². The van der Waals surface area contributed by atoms with Crippen LogP contribution in [-0.2, 0) is 16.4 Å². The van der Waals surface area contributed by atoms with Crippen LogP contribution in [-0.4, -0.2) is 56.5 Å². The van der Waals surface area contributed by atoms with Gasteiger partial charge in [-0.25, -0.2) is 30.7 Å². The van der Waals surface area contributed by atoms with Crippen molar-refractivity contribution in [1.29, 1.82) is 0 Å². The van der Waals surface area contributed by atoms with E-state index < -0.39 is 64.7 Å². The van der Waals surface area contributed by atoms with Crippen molar-refractivity contribution in [3.05, 3.63) is 35.4 Å². The first-order chi connectivity index (χ1) is 13.2. The summed E-state index contributed by atoms with van der Waals surface area (Å²) >= 11 is 0. The van der Waals surface area contributed by atoms with E-state index in [0.29, 0.717) is 6.42 Å². The summed E-state index contributed by atoms with van der Waals surface area (Å²) in [4.78, 5) is 1.14. The predicted octanol–water partition coefficient (Wildman–Crippen LogP) is 2.37. The van der Waals surface area contributed by atoms with E-state index in [0.717, 1.165) is 23.1 Å². The number of benzene rings is 1. The maximum Gasteiger partial charge on any atom is 0.511 e. The topological polar surface area (TPSA) is 75.4 Å². The van der Waals surface area contributed by atoms with Crippen LogP contribution in [0.1, 0.15) is 18.4 Å². The van der Waals surface area contributed by atoms with Crippen LogP contribution in [0.5, 0.6) is 0 Å². The Kier molecular flexibility index (Phi) is 7.18. The van der Waals surface area contributed by atoms with E-state index in [1.54, 1.807) is 0 Å². The van der Waals surface area contributed by atoms with Gasteiger partial charge in [-0.15, -0.1) is 0 Å². The minimum absolute atomic E-state index is 0.106. The number of halogens is 7. The monoisotopic (exact) mass is 451 g/mol. The van der Waals surface area contributed by atoms with Crippen LogP contribution in [0.2, 0.25) is 0 Å². The van der Waals surface area contributed by atoms with Crippen molar-refractivity contribution in [3.63, 3.8) is 0 Å². The van der Waals surface area contributed by atoms with Gasteiger partial charge in [-0.05, 0) is 49.6 Å². The lowest BCUT2D eigenvalue weighted by molar-refractivity contribution is -0.0566. The second-order valence-corrected chi connectivity index (χ2v) is 8.63. The van der Waals surface area contributed by atoms with Gasteiger partial charge in [-0.1, -0.05) is 0 Å². The van der Waals surface area contributed by atoms with Gasteiger partial charge < -0.3 is 5.73 Å². The zero-order valence-electron chi connectivity index (χ0n) is 15.0. The van der Waals surface area contributed by atoms with Crippen LogP contribution < -0.4 is 10.5 Å². The van der Waals surface area contributed by atoms with E-state index in [-0.39, 0.29) is 18.5 Å². The largest absolute Gasteiger partial charge is 0.511 e. The minimum Gasteiger partial charge on any atom is -0.322 e. The van der Waals surface area contributed by atoms with Gasteiger partial charge in [0.05, 0.1) is 12.6 Å². The molecule has 1 aliphatic heterocycles. The summed E-state index contributed by atoms with van der Waals surface area (Å²) in [5.41, 5.74) is -0.328. The molecule has 166 valence electrons. The molecule has 3 N–H and O–H groups in total. The van der Waals surface area contributed by atoms with E-state index in [9.17, 15) is 39.2 Å². The lowest BCUT2D eigenvalue weighted by Gasteiger charge is -2.32. The van der Waals surface area contributed by atoms with Gasteiger partial charge in [0.1, 0.15) is 11.6 Å². The molecular weight excluding hydrogens is 431 g/mol. The highest BCUT2D eigenvalue weighted by Gasteiger charge is 2.47. The zero-order valence-corrected chi connectivity index (χ0v) is 15.8. The molecule has 1 aromatic carbocycles. The lowest BCUT2D eigenvalue weighted by atomic mass is 10.00. The summed E-state index contributed by atoms with van der Waals surface area (Å²) in [6.07, 6.45) is -0.0672. The smallest absolute Gasteiger partial charge is 0.322 e. The molecule has 0 saturated carbocycles. The molecule has 1 heterocycles. The Labute approximate surface area is 163 Å². The fraction of sp³-hybridized carbons (Fsp3) is 0.625. The fourth-order valence-corrected chi connectivity index (χ4v) is 3.67. The quantitative estimate of drug-likeness (QED) is 0.596. The van der Waals surface area contributed by atoms with Crippen molar-refractivity contribution in [3.8, 4) is 0 Å². The molecular formula is C16H20F7N3O2S. The van der Waals surface area contributed by atoms with Crippen molar-refractivity contribution in [1.82, 2.24) is 9.62 Å². The maximum absolute atomic E-state index is 14.5. The summed E-state index contributed by atoms with van der Waals surface area (Å²) in [7, 11) is -5.58. The number of nitrogens with zero attached hydrogens (tertiary/aromatic N) is 1. The highest BCUT2D eigenvalue weighted by molar-refractivity contribution is 7.90. The molecule has 1 aliphatic rings. The number of sulfonamides is 1. The van der Waals surface area contributed by atoms with Crippen LogP contribution in [0.15, 0.2) is 18.2 Å². The van der Waals surface area contributed by atoms with E-state index in [2.05, 4.69) is 0 Å². The number of alkyl halides is 5. The van der Waals surface area contributed by atoms with Crippen LogP contribution in [0, 0.1) is 11.6 Å². The first-order valence-electron chi connectivity index (χ1n) is 8.60. The Morgan fingerprint density at radius 2 is 1.86 bits per heavy atom. The summed E-state index contributed by atoms with van der Waals surface area (Å²) < 4.78 is 117. The third-order valence-electron chi connectivity index (χ3n) is 4.72. The Morgan fingerprint density at radius 1 is 1.21 bits per heavy atom. The van der Waals surface area contributed by atoms with Gasteiger partial charge in [0.2, 0.25) is 0 Å². The molecule has 1 unspecified atom stereocenters. The standard InChI is InChI=1S/C16H20F7N3O2S/c17-11-3-4-13(18)10(6-11)7-14(24)15(19,20)9-26-5-1-2-12(26)8-25-29(27,28)16(21,22)23/h3-4,6,12,14,25H,1-2,5,7-9,24H2/t12?,14-/m1/s1. The molecule has 0 amide bonds. The van der Waals surface area contributed by atoms with E-state index in [1.807, 2.05) is 0 Å². The number of hydrogen-bond donors (Lipinski definition) is 2. The molecule has 5 nitrogen and oxygen atoms in total. The second kappa shape index (κ2) is 8.74. The van der Waals surface area contributed by atoms with Gasteiger partial charge >= 0.3 is 15.5 Å². The number of hydrogen-bond acceptors (Lipinski definition) is 4. The predicted molar refractivity (Wildman–Crippen MR) is 90.6 cm³/mol. The van der Waals surface area contributed by atoms with E-state index in [4.69, 9.17) is 5.73 Å². The fourth-order valence-electron chi connectivity index (χ4n) is 3.10. The van der Waals surface area contributed by atoms with Crippen molar-refractivity contribution in [2.45, 2.75) is 42.8 Å². The number of likely N-dealkylation sites (tertiary alicyclic amines) is 1. The summed E-state index contributed by atoms with van der Waals surface area (Å²) in [6.45, 7) is -1.54.